The summed E-state index contributed by atoms with van der Waals surface area (Å²) in [5.41, 5.74) is 1.19. The number of likely N-dealkylation sites (tertiary alicyclic amines) is 1. The fourth-order valence-electron chi connectivity index (χ4n) is 2.38. The second-order valence-electron chi connectivity index (χ2n) is 4.75. The lowest BCUT2D eigenvalue weighted by Crippen LogP contribution is -2.31. The summed E-state index contributed by atoms with van der Waals surface area (Å²) in [4.78, 5) is 2.52. The van der Waals surface area contributed by atoms with E-state index in [2.05, 4.69) is 23.2 Å². The monoisotopic (exact) mass is 252 g/mol. The zero-order valence-electron chi connectivity index (χ0n) is 10.5. The van der Waals surface area contributed by atoms with E-state index in [-0.39, 0.29) is 0 Å². The summed E-state index contributed by atoms with van der Waals surface area (Å²) in [7, 11) is 0. The van der Waals surface area contributed by atoms with E-state index in [4.69, 9.17) is 11.6 Å². The standard InChI is InChI=1S/C14H21ClN2/c1-12(13-6-2-3-7-14(13)15)16-8-11-17-9-4-5-10-17/h2-3,6-7,12,16H,4-5,8-11H2,1H3/t12-/m0/s1. The first-order chi connectivity index (χ1) is 8.27. The van der Waals surface area contributed by atoms with Gasteiger partial charge in [0, 0.05) is 24.2 Å². The summed E-state index contributed by atoms with van der Waals surface area (Å²) in [6.07, 6.45) is 2.72. The van der Waals surface area contributed by atoms with Crippen LogP contribution < -0.4 is 5.32 Å². The third-order valence-corrected chi connectivity index (χ3v) is 3.79. The highest BCUT2D eigenvalue weighted by Crippen LogP contribution is 2.21. The second kappa shape index (κ2) is 6.39. The molecule has 1 aliphatic rings. The Morgan fingerprint density at radius 3 is 2.71 bits per heavy atom. The van der Waals surface area contributed by atoms with Crippen LogP contribution in [0.4, 0.5) is 0 Å². The number of nitrogens with zero attached hydrogens (tertiary/aromatic N) is 1. The molecule has 1 aliphatic heterocycles. The Balaban J connectivity index is 1.77. The van der Waals surface area contributed by atoms with Crippen LogP contribution in [0.25, 0.3) is 0 Å². The number of hydrogen-bond donors (Lipinski definition) is 1. The van der Waals surface area contributed by atoms with Crippen LogP contribution in [-0.2, 0) is 0 Å². The van der Waals surface area contributed by atoms with Gasteiger partial charge in [-0.2, -0.15) is 0 Å². The maximum absolute atomic E-state index is 6.17. The summed E-state index contributed by atoms with van der Waals surface area (Å²) in [5, 5.41) is 4.40. The van der Waals surface area contributed by atoms with E-state index in [1.807, 2.05) is 18.2 Å². The van der Waals surface area contributed by atoms with Gasteiger partial charge in [-0.1, -0.05) is 29.8 Å². The van der Waals surface area contributed by atoms with E-state index in [9.17, 15) is 0 Å². The van der Waals surface area contributed by atoms with Crippen LogP contribution in [-0.4, -0.2) is 31.1 Å². The molecule has 0 saturated carbocycles. The molecular formula is C14H21ClN2. The van der Waals surface area contributed by atoms with Gasteiger partial charge < -0.3 is 10.2 Å². The molecule has 1 atom stereocenters. The first-order valence-corrected chi connectivity index (χ1v) is 6.85. The lowest BCUT2D eigenvalue weighted by molar-refractivity contribution is 0.330. The topological polar surface area (TPSA) is 15.3 Å². The van der Waals surface area contributed by atoms with Crippen molar-refractivity contribution < 1.29 is 0 Å². The van der Waals surface area contributed by atoms with Gasteiger partial charge in [-0.25, -0.2) is 0 Å². The van der Waals surface area contributed by atoms with Crippen LogP contribution in [0.5, 0.6) is 0 Å². The fourth-order valence-corrected chi connectivity index (χ4v) is 2.68. The normalized spacial score (nSPS) is 18.5. The Kier molecular flexibility index (Phi) is 4.84. The number of benzene rings is 1. The minimum Gasteiger partial charge on any atom is -0.309 e. The summed E-state index contributed by atoms with van der Waals surface area (Å²) >= 11 is 6.17. The van der Waals surface area contributed by atoms with E-state index in [0.717, 1.165) is 18.1 Å². The smallest absolute Gasteiger partial charge is 0.0453 e. The number of hydrogen-bond acceptors (Lipinski definition) is 2. The molecule has 1 aromatic rings. The Hall–Kier alpha value is -0.570. The molecule has 0 radical (unpaired) electrons. The van der Waals surface area contributed by atoms with Crippen LogP contribution in [0.3, 0.4) is 0 Å². The Bertz CT molecular complexity index is 348. The van der Waals surface area contributed by atoms with Crippen LogP contribution in [0, 0.1) is 0 Å². The minimum atomic E-state index is 0.325. The number of nitrogens with one attached hydrogen (secondary N) is 1. The SMILES string of the molecule is C[C@H](NCCN1CCCC1)c1ccccc1Cl. The van der Waals surface area contributed by atoms with Crippen molar-refractivity contribution in [1.82, 2.24) is 10.2 Å². The van der Waals surface area contributed by atoms with E-state index < -0.39 is 0 Å². The van der Waals surface area contributed by atoms with Gasteiger partial charge in [0.15, 0.2) is 0 Å². The van der Waals surface area contributed by atoms with Gasteiger partial charge >= 0.3 is 0 Å². The predicted molar refractivity (Wildman–Crippen MR) is 73.5 cm³/mol. The molecule has 1 aromatic carbocycles. The van der Waals surface area contributed by atoms with Crippen molar-refractivity contribution in [3.8, 4) is 0 Å². The zero-order valence-corrected chi connectivity index (χ0v) is 11.2. The van der Waals surface area contributed by atoms with Gasteiger partial charge in [0.25, 0.3) is 0 Å². The maximum atomic E-state index is 6.17. The van der Waals surface area contributed by atoms with E-state index in [0.29, 0.717) is 6.04 Å². The Labute approximate surface area is 109 Å². The lowest BCUT2D eigenvalue weighted by atomic mass is 10.1. The van der Waals surface area contributed by atoms with Gasteiger partial charge in [-0.15, -0.1) is 0 Å². The third-order valence-electron chi connectivity index (χ3n) is 3.45. The average Bonchev–Trinajstić information content (AvgIpc) is 2.82. The van der Waals surface area contributed by atoms with Gasteiger partial charge in [0.2, 0.25) is 0 Å². The van der Waals surface area contributed by atoms with Crippen LogP contribution in [0.2, 0.25) is 5.02 Å². The van der Waals surface area contributed by atoms with Crippen molar-refractivity contribution in [1.29, 1.82) is 0 Å². The molecule has 94 valence electrons. The van der Waals surface area contributed by atoms with E-state index in [1.165, 1.54) is 31.5 Å². The molecule has 2 rings (SSSR count). The van der Waals surface area contributed by atoms with Gasteiger partial charge in [0.1, 0.15) is 0 Å². The van der Waals surface area contributed by atoms with E-state index in [1.54, 1.807) is 0 Å². The largest absolute Gasteiger partial charge is 0.309 e. The Morgan fingerprint density at radius 2 is 2.00 bits per heavy atom. The van der Waals surface area contributed by atoms with Crippen LogP contribution in [0.15, 0.2) is 24.3 Å². The zero-order chi connectivity index (χ0) is 12.1. The van der Waals surface area contributed by atoms with Gasteiger partial charge in [-0.05, 0) is 44.5 Å². The molecule has 0 bridgehead atoms. The predicted octanol–water partition coefficient (Wildman–Crippen LogP) is 3.09. The second-order valence-corrected chi connectivity index (χ2v) is 5.15. The third kappa shape index (κ3) is 3.70. The molecule has 17 heavy (non-hydrogen) atoms. The molecule has 1 fully saturated rings. The van der Waals surface area contributed by atoms with E-state index >= 15 is 0 Å². The molecule has 2 nitrogen and oxygen atoms in total. The van der Waals surface area contributed by atoms with Crippen molar-refractivity contribution in [3.05, 3.63) is 34.9 Å². The van der Waals surface area contributed by atoms with Crippen LogP contribution in [0.1, 0.15) is 31.4 Å². The first-order valence-electron chi connectivity index (χ1n) is 6.47. The van der Waals surface area contributed by atoms with Crippen molar-refractivity contribution in [2.75, 3.05) is 26.2 Å². The molecule has 0 unspecified atom stereocenters. The summed E-state index contributed by atoms with van der Waals surface area (Å²) in [5.74, 6) is 0. The van der Waals surface area contributed by atoms with Crippen LogP contribution >= 0.6 is 11.6 Å². The molecule has 1 N–H and O–H groups in total. The maximum Gasteiger partial charge on any atom is 0.0453 e. The number of halogens is 1. The fraction of sp³-hybridized carbons (Fsp3) is 0.571. The molecule has 0 aromatic heterocycles. The highest BCUT2D eigenvalue weighted by Gasteiger charge is 2.12. The first kappa shape index (κ1) is 12.9. The minimum absolute atomic E-state index is 0.325. The Morgan fingerprint density at radius 1 is 1.29 bits per heavy atom. The summed E-state index contributed by atoms with van der Waals surface area (Å²) in [6, 6.07) is 8.39. The van der Waals surface area contributed by atoms with Crippen molar-refractivity contribution in [2.24, 2.45) is 0 Å². The number of rotatable bonds is 5. The van der Waals surface area contributed by atoms with Gasteiger partial charge in [0.05, 0.1) is 0 Å². The quantitative estimate of drug-likeness (QED) is 0.867. The lowest BCUT2D eigenvalue weighted by Gasteiger charge is -2.19. The molecule has 1 saturated heterocycles. The molecule has 0 amide bonds. The highest BCUT2D eigenvalue weighted by molar-refractivity contribution is 6.31. The van der Waals surface area contributed by atoms with Gasteiger partial charge in [-0.3, -0.25) is 0 Å². The molecule has 3 heteroatoms. The molecule has 0 spiro atoms. The summed E-state index contributed by atoms with van der Waals surface area (Å²) in [6.45, 7) is 6.89. The highest BCUT2D eigenvalue weighted by atomic mass is 35.5. The molecular weight excluding hydrogens is 232 g/mol. The molecule has 0 aliphatic carbocycles. The van der Waals surface area contributed by atoms with Crippen molar-refractivity contribution >= 4 is 11.6 Å². The molecule has 1 heterocycles. The van der Waals surface area contributed by atoms with Crippen molar-refractivity contribution in [2.45, 2.75) is 25.8 Å². The summed E-state index contributed by atoms with van der Waals surface area (Å²) < 4.78 is 0. The van der Waals surface area contributed by atoms with Crippen molar-refractivity contribution in [3.63, 3.8) is 0 Å². The average molecular weight is 253 g/mol.